The first-order valence-electron chi connectivity index (χ1n) is 7.76. The summed E-state index contributed by atoms with van der Waals surface area (Å²) in [4.78, 5) is 19.9. The van der Waals surface area contributed by atoms with Crippen LogP contribution in [0.15, 0.2) is 53.3 Å². The van der Waals surface area contributed by atoms with Gasteiger partial charge in [0.05, 0.1) is 0 Å². The van der Waals surface area contributed by atoms with E-state index in [1.165, 1.54) is 24.5 Å². The normalized spacial score (nSPS) is 11.7. The van der Waals surface area contributed by atoms with Crippen LogP contribution in [-0.2, 0) is 6.18 Å². The molecule has 142 valence electrons. The van der Waals surface area contributed by atoms with E-state index in [1.54, 1.807) is 28.7 Å². The zero-order valence-electron chi connectivity index (χ0n) is 13.7. The molecule has 11 heteroatoms. The number of benzene rings is 1. The summed E-state index contributed by atoms with van der Waals surface area (Å²) in [5.74, 6) is -2.12. The molecule has 1 N–H and O–H groups in total. The van der Waals surface area contributed by atoms with Gasteiger partial charge in [0.2, 0.25) is 5.82 Å². The van der Waals surface area contributed by atoms with Crippen LogP contribution in [0.4, 0.5) is 18.9 Å². The fourth-order valence-corrected chi connectivity index (χ4v) is 2.54. The molecule has 0 aliphatic carbocycles. The van der Waals surface area contributed by atoms with E-state index in [2.05, 4.69) is 25.0 Å². The third kappa shape index (κ3) is 3.54. The van der Waals surface area contributed by atoms with E-state index in [0.29, 0.717) is 16.4 Å². The van der Waals surface area contributed by atoms with Crippen LogP contribution in [0.3, 0.4) is 0 Å². The Bertz CT molecular complexity index is 1170. The molecule has 0 aliphatic heterocycles. The van der Waals surface area contributed by atoms with Gasteiger partial charge in [0.25, 0.3) is 5.91 Å². The molecule has 0 unspecified atom stereocenters. The number of fused-ring (bicyclic) bond motifs is 1. The summed E-state index contributed by atoms with van der Waals surface area (Å²) >= 11 is 5.80. The molecule has 0 radical (unpaired) electrons. The highest BCUT2D eigenvalue weighted by molar-refractivity contribution is 6.30. The second kappa shape index (κ2) is 6.64. The molecule has 0 spiro atoms. The number of alkyl halides is 3. The minimum absolute atomic E-state index is 0.121. The van der Waals surface area contributed by atoms with Crippen molar-refractivity contribution in [1.82, 2.24) is 19.5 Å². The maximum atomic E-state index is 12.6. The van der Waals surface area contributed by atoms with Crippen molar-refractivity contribution < 1.29 is 22.5 Å². The third-order valence-electron chi connectivity index (χ3n) is 3.72. The fraction of sp³-hybridized carbons (Fsp3) is 0.0588. The number of anilines is 1. The molecule has 7 nitrogen and oxygen atoms in total. The van der Waals surface area contributed by atoms with Gasteiger partial charge < -0.3 is 14.2 Å². The minimum atomic E-state index is -4.73. The number of carbonyl (C=O) groups is 1. The average molecular weight is 408 g/mol. The van der Waals surface area contributed by atoms with E-state index in [9.17, 15) is 18.0 Å². The predicted molar refractivity (Wildman–Crippen MR) is 92.9 cm³/mol. The summed E-state index contributed by atoms with van der Waals surface area (Å²) in [7, 11) is 0. The Hall–Kier alpha value is -3.40. The summed E-state index contributed by atoms with van der Waals surface area (Å²) in [6.45, 7) is 0. The van der Waals surface area contributed by atoms with Crippen LogP contribution in [0.5, 0.6) is 0 Å². The van der Waals surface area contributed by atoms with Gasteiger partial charge in [0.1, 0.15) is 11.3 Å². The van der Waals surface area contributed by atoms with Crippen molar-refractivity contribution in [3.63, 3.8) is 0 Å². The molecule has 0 aliphatic rings. The largest absolute Gasteiger partial charge is 0.471 e. The van der Waals surface area contributed by atoms with E-state index in [4.69, 9.17) is 11.6 Å². The van der Waals surface area contributed by atoms with Crippen LogP contribution >= 0.6 is 11.6 Å². The molecule has 4 rings (SSSR count). The number of carbonyl (C=O) groups excluding carboxylic acids is 1. The summed E-state index contributed by atoms with van der Waals surface area (Å²) in [6.07, 6.45) is -1.71. The predicted octanol–water partition coefficient (Wildman–Crippen LogP) is 4.31. The summed E-state index contributed by atoms with van der Waals surface area (Å²) in [5, 5.41) is 6.54. The molecule has 1 amide bonds. The minimum Gasteiger partial charge on any atom is -0.329 e. The first-order chi connectivity index (χ1) is 13.3. The van der Waals surface area contributed by atoms with Crippen molar-refractivity contribution in [3.8, 4) is 11.4 Å². The van der Waals surface area contributed by atoms with Crippen molar-refractivity contribution in [1.29, 1.82) is 0 Å². The fourth-order valence-electron chi connectivity index (χ4n) is 2.41. The Balaban J connectivity index is 1.60. The molecule has 3 aromatic heterocycles. The van der Waals surface area contributed by atoms with Crippen molar-refractivity contribution >= 4 is 28.8 Å². The van der Waals surface area contributed by atoms with Crippen molar-refractivity contribution in [2.75, 3.05) is 5.32 Å². The molecule has 0 fully saturated rings. The number of hydrogen-bond acceptors (Lipinski definition) is 5. The van der Waals surface area contributed by atoms with Gasteiger partial charge in [-0.1, -0.05) is 16.8 Å². The quantitative estimate of drug-likeness (QED) is 0.547. The molecular weight excluding hydrogens is 399 g/mol. The van der Waals surface area contributed by atoms with Crippen molar-refractivity contribution in [2.24, 2.45) is 0 Å². The lowest BCUT2D eigenvalue weighted by atomic mass is 10.2. The number of halogens is 4. The van der Waals surface area contributed by atoms with Crippen LogP contribution in [0.25, 0.3) is 17.0 Å². The van der Waals surface area contributed by atoms with Crippen molar-refractivity contribution in [2.45, 2.75) is 6.18 Å². The van der Waals surface area contributed by atoms with E-state index in [1.807, 2.05) is 0 Å². The van der Waals surface area contributed by atoms with Gasteiger partial charge in [-0.25, -0.2) is 4.98 Å². The zero-order valence-corrected chi connectivity index (χ0v) is 14.5. The Morgan fingerprint density at radius 3 is 2.57 bits per heavy atom. The first kappa shape index (κ1) is 18.0. The summed E-state index contributed by atoms with van der Waals surface area (Å²) in [5.41, 5.74) is 1.26. The van der Waals surface area contributed by atoms with Crippen LogP contribution in [0.2, 0.25) is 5.02 Å². The topological polar surface area (TPSA) is 85.3 Å². The van der Waals surface area contributed by atoms with Crippen LogP contribution in [0, 0.1) is 0 Å². The van der Waals surface area contributed by atoms with Gasteiger partial charge in [0, 0.05) is 28.7 Å². The lowest BCUT2D eigenvalue weighted by Gasteiger charge is -2.02. The van der Waals surface area contributed by atoms with E-state index < -0.39 is 18.0 Å². The second-order valence-corrected chi connectivity index (χ2v) is 6.13. The van der Waals surface area contributed by atoms with Crippen LogP contribution in [0.1, 0.15) is 16.4 Å². The van der Waals surface area contributed by atoms with Gasteiger partial charge >= 0.3 is 12.1 Å². The lowest BCUT2D eigenvalue weighted by molar-refractivity contribution is -0.159. The number of amides is 1. The van der Waals surface area contributed by atoms with Crippen LogP contribution < -0.4 is 5.32 Å². The number of nitrogens with one attached hydrogen (secondary N) is 1. The number of nitrogens with zero attached hydrogens (tertiary/aromatic N) is 4. The van der Waals surface area contributed by atoms with Gasteiger partial charge in [0.15, 0.2) is 0 Å². The molecule has 1 aromatic carbocycles. The highest BCUT2D eigenvalue weighted by Crippen LogP contribution is 2.29. The van der Waals surface area contributed by atoms with E-state index in [0.717, 1.165) is 0 Å². The van der Waals surface area contributed by atoms with E-state index in [-0.39, 0.29) is 17.1 Å². The Morgan fingerprint density at radius 2 is 1.89 bits per heavy atom. The number of rotatable bonds is 3. The second-order valence-electron chi connectivity index (χ2n) is 5.69. The average Bonchev–Trinajstić information content (AvgIpc) is 3.29. The number of pyridine rings is 1. The van der Waals surface area contributed by atoms with Crippen LogP contribution in [-0.4, -0.2) is 25.4 Å². The van der Waals surface area contributed by atoms with Gasteiger partial charge in [-0.3, -0.25) is 4.79 Å². The Labute approximate surface area is 159 Å². The lowest BCUT2D eigenvalue weighted by Crippen LogP contribution is -2.12. The molecule has 0 saturated carbocycles. The number of hydrogen-bond donors (Lipinski definition) is 1. The molecule has 0 atom stereocenters. The highest BCUT2D eigenvalue weighted by atomic mass is 35.5. The first-order valence-corrected chi connectivity index (χ1v) is 8.14. The highest BCUT2D eigenvalue weighted by Gasteiger charge is 2.38. The summed E-state index contributed by atoms with van der Waals surface area (Å²) in [6, 6.07) is 9.48. The molecule has 0 bridgehead atoms. The molecule has 4 aromatic rings. The van der Waals surface area contributed by atoms with Gasteiger partial charge in [-0.15, -0.1) is 0 Å². The Morgan fingerprint density at radius 1 is 1.14 bits per heavy atom. The monoisotopic (exact) mass is 407 g/mol. The van der Waals surface area contributed by atoms with Crippen molar-refractivity contribution in [3.05, 3.63) is 65.4 Å². The zero-order chi connectivity index (χ0) is 19.9. The van der Waals surface area contributed by atoms with Gasteiger partial charge in [-0.2, -0.15) is 18.2 Å². The Kier molecular flexibility index (Phi) is 4.27. The maximum absolute atomic E-state index is 12.6. The molecule has 3 heterocycles. The smallest absolute Gasteiger partial charge is 0.329 e. The number of aromatic nitrogens is 4. The third-order valence-corrected chi connectivity index (χ3v) is 3.97. The molecule has 0 saturated heterocycles. The maximum Gasteiger partial charge on any atom is 0.471 e. The summed E-state index contributed by atoms with van der Waals surface area (Å²) < 4.78 is 43.6. The molecule has 28 heavy (non-hydrogen) atoms. The molecular formula is C17H9ClF3N5O2. The SMILES string of the molecule is O=C(Nc1ccc(Cl)cc1)c1cn2ccc(-c3noc(C(F)(F)F)n3)cc2n1. The van der Waals surface area contributed by atoms with E-state index >= 15 is 0 Å². The van der Waals surface area contributed by atoms with Gasteiger partial charge in [-0.05, 0) is 36.4 Å². The number of imidazole rings is 1. The standard InChI is InChI=1S/C17H9ClF3N5O2/c18-10-1-3-11(4-2-10)22-15(27)12-8-26-6-5-9(7-13(26)23-12)14-24-16(28-25-14)17(19,20)21/h1-8H,(H,22,27).